The third-order valence-corrected chi connectivity index (χ3v) is 13.4. The van der Waals surface area contributed by atoms with Gasteiger partial charge in [-0.25, -0.2) is 24.0 Å². The van der Waals surface area contributed by atoms with E-state index in [0.29, 0.717) is 73.3 Å². The van der Waals surface area contributed by atoms with Gasteiger partial charge in [-0.2, -0.15) is 0 Å². The van der Waals surface area contributed by atoms with Gasteiger partial charge in [-0.15, -0.1) is 41.2 Å². The zero-order valence-electron chi connectivity index (χ0n) is 44.0. The first-order valence-corrected chi connectivity index (χ1v) is 27.0. The van der Waals surface area contributed by atoms with Crippen molar-refractivity contribution in [1.82, 2.24) is 44.1 Å². The highest BCUT2D eigenvalue weighted by molar-refractivity contribution is 9.11. The molecule has 29 heteroatoms. The predicted octanol–water partition coefficient (Wildman–Crippen LogP) is 12.1. The van der Waals surface area contributed by atoms with Crippen LogP contribution in [0, 0.1) is 13.8 Å². The van der Waals surface area contributed by atoms with Crippen LogP contribution in [0.15, 0.2) is 193 Å². The highest BCUT2D eigenvalue weighted by Crippen LogP contribution is 2.29. The Labute approximate surface area is 524 Å². The van der Waals surface area contributed by atoms with Crippen molar-refractivity contribution in [2.75, 3.05) is 17.3 Å². The molecule has 458 valence electrons. The largest absolute Gasteiger partial charge is 0.573 e. The van der Waals surface area contributed by atoms with Crippen LogP contribution in [0.1, 0.15) is 33.4 Å². The van der Waals surface area contributed by atoms with Gasteiger partial charge in [-0.05, 0) is 121 Å². The Morgan fingerprint density at radius 3 is 1.48 bits per heavy atom. The Morgan fingerprint density at radius 1 is 0.580 bits per heavy atom. The Kier molecular flexibility index (Phi) is 23.7. The summed E-state index contributed by atoms with van der Waals surface area (Å²) in [7, 11) is -1.70. The summed E-state index contributed by atoms with van der Waals surface area (Å²) in [6.45, 7) is 3.52. The number of benzene rings is 4. The minimum atomic E-state index is -4.74. The topological polar surface area (TPSA) is 280 Å². The van der Waals surface area contributed by atoms with Gasteiger partial charge < -0.3 is 35.2 Å². The molecule has 0 fully saturated rings. The second kappa shape index (κ2) is 30.0. The fourth-order valence-electron chi connectivity index (χ4n) is 7.86. The number of aromatic nitrogens is 10. The number of halogens is 9. The zero-order chi connectivity index (χ0) is 61.3. The van der Waals surface area contributed by atoms with E-state index >= 15 is 0 Å². The van der Waals surface area contributed by atoms with E-state index in [9.17, 15) is 35.9 Å². The van der Waals surface area contributed by atoms with E-state index in [1.54, 1.807) is 71.8 Å². The van der Waals surface area contributed by atoms with E-state index in [2.05, 4.69) is 92.4 Å². The van der Waals surface area contributed by atoms with Gasteiger partial charge in [0, 0.05) is 71.0 Å². The third-order valence-electron chi connectivity index (χ3n) is 11.9. The summed E-state index contributed by atoms with van der Waals surface area (Å²) in [4.78, 5) is 44.6. The lowest BCUT2D eigenvalue weighted by Gasteiger charge is -2.09. The molecule has 4 aromatic carbocycles. The molecule has 12 aromatic rings. The van der Waals surface area contributed by atoms with E-state index < -0.39 is 25.6 Å². The molecule has 0 aliphatic carbocycles. The van der Waals surface area contributed by atoms with Gasteiger partial charge in [0.1, 0.15) is 23.5 Å². The first-order valence-electron chi connectivity index (χ1n) is 24.6. The van der Waals surface area contributed by atoms with Crippen molar-refractivity contribution in [2.45, 2.75) is 48.9 Å². The molecule has 0 saturated heterocycles. The van der Waals surface area contributed by atoms with Gasteiger partial charge in [0.15, 0.2) is 33.8 Å². The van der Waals surface area contributed by atoms with Gasteiger partial charge in [-0.1, -0.05) is 119 Å². The molecule has 0 radical (unpaired) electrons. The SMILES string of the molecule is C.C.C.Cc1c(-c2nc3cc(-c4ccc(OC(F)(F)F)cc4)ccn3n2)[nH]c2ccccc2c1=O.Cc1c(-c2nc3cc(Br)ccn3n2)[nH]c2ccccc2c1=O.Nc1cc(Br)cc[n+]1N.Nc1cc(Br)ccn1.OB(O)c1ccc(OC(F)(F)F)cc1. The number of pyridine rings is 6. The summed E-state index contributed by atoms with van der Waals surface area (Å²) in [6, 6.07) is 39.0. The molecule has 0 spiro atoms. The quantitative estimate of drug-likeness (QED) is 0.0353. The predicted molar refractivity (Wildman–Crippen MR) is 341 cm³/mol. The van der Waals surface area contributed by atoms with Gasteiger partial charge in [0.2, 0.25) is 0 Å². The fraction of sp³-hybridized carbons (Fsp3) is 0.119. The maximum absolute atomic E-state index is 12.7. The van der Waals surface area contributed by atoms with Crippen molar-refractivity contribution < 1.29 is 50.5 Å². The molecule has 12 rings (SSSR count). The molecule has 0 aliphatic heterocycles. The van der Waals surface area contributed by atoms with Gasteiger partial charge in [0.05, 0.1) is 11.4 Å². The Hall–Kier alpha value is -9.16. The Balaban J connectivity index is 0.000000218. The van der Waals surface area contributed by atoms with Crippen molar-refractivity contribution in [3.05, 3.63) is 215 Å². The van der Waals surface area contributed by atoms with E-state index in [1.807, 2.05) is 72.9 Å². The standard InChI is InChI=1S/C23H15F3N4O2.C16H11BrN4O.C7H6BF3O3.C5H6BrN3.C5H5BrN2.3CH4/c1-13-20(27-18-5-3-2-4-17(18)21(13)31)22-28-19-12-15(10-11-30(19)29-22)14-6-8-16(9-7-14)32-23(24,25)26;1-9-14(18-12-5-3-2-4-11(12)15(9)22)16-19-13-8-10(17)6-7-21(13)20-16;9-7(10,11)14-6-3-1-5(2-4-6)8(12)13;6-4-1-2-9(8)5(7)3-4;6-4-1-2-8-5(7)3-4;;;/h2-12H,1H3,(H,27,31);2-8H,1H3,(H,18,22);1-4,12-13H;1-3,7H,8H2;1-3H,(H2,7,8);3*1H4/p+1. The molecule has 88 heavy (non-hydrogen) atoms. The molecule has 0 saturated carbocycles. The molecule has 0 amide bonds. The maximum Gasteiger partial charge on any atom is 0.573 e. The molecule has 8 aromatic heterocycles. The highest BCUT2D eigenvalue weighted by Gasteiger charge is 2.32. The average Bonchev–Trinajstić information content (AvgIpc) is 1.54. The van der Waals surface area contributed by atoms with Crippen LogP contribution in [0.3, 0.4) is 0 Å². The van der Waals surface area contributed by atoms with Gasteiger partial charge in [0.25, 0.3) is 5.82 Å². The molecule has 19 nitrogen and oxygen atoms in total. The molecule has 0 atom stereocenters. The van der Waals surface area contributed by atoms with Crippen LogP contribution in [-0.2, 0) is 0 Å². The molecule has 0 aliphatic rings. The lowest BCUT2D eigenvalue weighted by molar-refractivity contribution is -0.623. The summed E-state index contributed by atoms with van der Waals surface area (Å²) in [5.74, 6) is 6.63. The molecule has 10 N–H and O–H groups in total. The van der Waals surface area contributed by atoms with Gasteiger partial charge in [-0.3, -0.25) is 21.2 Å². The summed E-state index contributed by atoms with van der Waals surface area (Å²) < 4.78 is 87.0. The molecular formula is C59H56BBr3F6N13O6+. The average molecular weight is 1410 g/mol. The van der Waals surface area contributed by atoms with E-state index in [-0.39, 0.29) is 44.3 Å². The number of rotatable bonds is 6. The molecule has 0 unspecified atom stereocenters. The number of nitrogens with two attached hydrogens (primary N) is 3. The number of ether oxygens (including phenoxy) is 2. The van der Waals surface area contributed by atoms with E-state index in [0.717, 1.165) is 54.4 Å². The van der Waals surface area contributed by atoms with Crippen molar-refractivity contribution in [2.24, 2.45) is 0 Å². The second-order valence-electron chi connectivity index (χ2n) is 17.9. The number of aromatic amines is 2. The van der Waals surface area contributed by atoms with E-state index in [4.69, 9.17) is 27.4 Å². The summed E-state index contributed by atoms with van der Waals surface area (Å²) in [5.41, 5.74) is 17.3. The van der Waals surface area contributed by atoms with Crippen LogP contribution in [0.2, 0.25) is 0 Å². The number of para-hydroxylation sites is 2. The lowest BCUT2D eigenvalue weighted by atomic mass is 9.80. The van der Waals surface area contributed by atoms with Crippen LogP contribution >= 0.6 is 47.8 Å². The van der Waals surface area contributed by atoms with Crippen molar-refractivity contribution in [3.8, 4) is 45.7 Å². The number of fused-ring (bicyclic) bond motifs is 4. The maximum atomic E-state index is 12.7. The van der Waals surface area contributed by atoms with Crippen LogP contribution < -0.4 is 47.8 Å². The number of anilines is 2. The number of nitrogens with one attached hydrogen (secondary N) is 2. The van der Waals surface area contributed by atoms with Crippen LogP contribution in [-0.4, -0.2) is 74.0 Å². The van der Waals surface area contributed by atoms with Crippen LogP contribution in [0.5, 0.6) is 11.5 Å². The third kappa shape index (κ3) is 18.2. The minimum absolute atomic E-state index is 0. The van der Waals surface area contributed by atoms with Crippen molar-refractivity contribution >= 4 is 105 Å². The van der Waals surface area contributed by atoms with Crippen LogP contribution in [0.25, 0.3) is 67.3 Å². The Bertz CT molecular complexity index is 4440. The van der Waals surface area contributed by atoms with E-state index in [1.165, 1.54) is 28.9 Å². The fourth-order valence-corrected chi connectivity index (χ4v) is 8.89. The lowest BCUT2D eigenvalue weighted by Crippen LogP contribution is -2.46. The first-order chi connectivity index (χ1) is 40.3. The Morgan fingerprint density at radius 2 is 1.03 bits per heavy atom. The molecule has 8 heterocycles. The first kappa shape index (κ1) is 69.6. The number of nitrogen functional groups attached to an aromatic ring is 3. The van der Waals surface area contributed by atoms with Crippen molar-refractivity contribution in [1.29, 1.82) is 0 Å². The summed E-state index contributed by atoms with van der Waals surface area (Å²) >= 11 is 9.91. The monoisotopic (exact) mass is 1400 g/mol. The summed E-state index contributed by atoms with van der Waals surface area (Å²) in [5, 5.41) is 27.5. The minimum Gasteiger partial charge on any atom is -0.423 e. The summed E-state index contributed by atoms with van der Waals surface area (Å²) in [6.07, 6.45) is -2.61. The number of H-pyrrole nitrogens is 2. The number of alkyl halides is 6. The second-order valence-corrected chi connectivity index (χ2v) is 20.6. The smallest absolute Gasteiger partial charge is 0.423 e. The normalized spacial score (nSPS) is 10.7. The number of hydrogen-bond acceptors (Lipinski definition) is 14. The number of nitrogens with zero attached hydrogens (tertiary/aromatic N) is 8. The molecule has 0 bridgehead atoms. The molecular weight excluding hydrogens is 1350 g/mol. The van der Waals surface area contributed by atoms with Crippen molar-refractivity contribution in [3.63, 3.8) is 0 Å². The van der Waals surface area contributed by atoms with Crippen LogP contribution in [0.4, 0.5) is 38.0 Å². The van der Waals surface area contributed by atoms with Gasteiger partial charge >= 0.3 is 19.8 Å². The number of hydrogen-bond donors (Lipinski definition) is 7. The zero-order valence-corrected chi connectivity index (χ0v) is 48.7. The highest BCUT2D eigenvalue weighted by atomic mass is 79.9.